The van der Waals surface area contributed by atoms with Gasteiger partial charge in [0.05, 0.1) is 28.9 Å². The van der Waals surface area contributed by atoms with Gasteiger partial charge in [-0.05, 0) is 32.6 Å². The van der Waals surface area contributed by atoms with Gasteiger partial charge in [0.25, 0.3) is 5.91 Å². The van der Waals surface area contributed by atoms with Crippen LogP contribution < -0.4 is 5.32 Å². The predicted molar refractivity (Wildman–Crippen MR) is 124 cm³/mol. The molecule has 1 atom stereocenters. The first-order chi connectivity index (χ1) is 15.1. The van der Waals surface area contributed by atoms with Crippen molar-refractivity contribution < 1.29 is 4.79 Å². The summed E-state index contributed by atoms with van der Waals surface area (Å²) < 4.78 is 1.82. The van der Waals surface area contributed by atoms with Crippen molar-refractivity contribution in [1.29, 1.82) is 0 Å². The first kappa shape index (κ1) is 20.8. The topological polar surface area (TPSA) is 63.1 Å². The lowest BCUT2D eigenvalue weighted by atomic mass is 10.0. The molecule has 0 spiro atoms. The molecule has 31 heavy (non-hydrogen) atoms. The summed E-state index contributed by atoms with van der Waals surface area (Å²) in [4.78, 5) is 20.2. The molecule has 1 unspecified atom stereocenters. The highest BCUT2D eigenvalue weighted by molar-refractivity contribution is 6.06. The third-order valence-electron chi connectivity index (χ3n) is 5.49. The second-order valence-corrected chi connectivity index (χ2v) is 7.72. The lowest BCUT2D eigenvalue weighted by molar-refractivity contribution is 0.0943. The van der Waals surface area contributed by atoms with Gasteiger partial charge in [0.2, 0.25) is 0 Å². The largest absolute Gasteiger partial charge is 0.350 e. The summed E-state index contributed by atoms with van der Waals surface area (Å²) in [5.74, 6) is -0.122. The fourth-order valence-corrected chi connectivity index (χ4v) is 3.78. The first-order valence-electron chi connectivity index (χ1n) is 10.5. The summed E-state index contributed by atoms with van der Waals surface area (Å²) >= 11 is 0. The Labute approximate surface area is 182 Å². The number of nitrogens with one attached hydrogen (secondary N) is 1. The van der Waals surface area contributed by atoms with E-state index in [1.54, 1.807) is 6.20 Å². The smallest absolute Gasteiger partial charge is 0.252 e. The molecule has 2 aromatic heterocycles. The summed E-state index contributed by atoms with van der Waals surface area (Å²) in [5.41, 5.74) is 4.21. The van der Waals surface area contributed by atoms with Crippen LogP contribution in [0.3, 0.4) is 0 Å². The van der Waals surface area contributed by atoms with Gasteiger partial charge < -0.3 is 10.2 Å². The minimum absolute atomic E-state index is 0.0782. The van der Waals surface area contributed by atoms with Gasteiger partial charge >= 0.3 is 0 Å². The van der Waals surface area contributed by atoms with E-state index in [-0.39, 0.29) is 11.9 Å². The minimum Gasteiger partial charge on any atom is -0.350 e. The zero-order valence-corrected chi connectivity index (χ0v) is 18.1. The molecule has 4 rings (SSSR count). The number of aromatic nitrogens is 3. The number of aryl methyl sites for hydroxylation is 1. The average molecular weight is 414 g/mol. The molecule has 2 aromatic carbocycles. The van der Waals surface area contributed by atoms with E-state index in [0.717, 1.165) is 27.9 Å². The van der Waals surface area contributed by atoms with Crippen molar-refractivity contribution in [3.05, 3.63) is 84.1 Å². The lowest BCUT2D eigenvalue weighted by Crippen LogP contribution is -2.34. The molecular formula is C25H27N5O. The summed E-state index contributed by atoms with van der Waals surface area (Å²) in [7, 11) is 4.04. The molecule has 0 radical (unpaired) electrons. The van der Waals surface area contributed by atoms with Crippen LogP contribution in [0.5, 0.6) is 0 Å². The Morgan fingerprint density at radius 2 is 1.74 bits per heavy atom. The number of carbonyl (C=O) groups excluding carboxylic acids is 1. The number of likely N-dealkylation sites (N-methyl/N-ethyl adjacent to an activating group) is 1. The highest BCUT2D eigenvalue weighted by atomic mass is 16.1. The monoisotopic (exact) mass is 413 g/mol. The van der Waals surface area contributed by atoms with E-state index < -0.39 is 0 Å². The molecule has 6 heteroatoms. The van der Waals surface area contributed by atoms with Gasteiger partial charge in [0.1, 0.15) is 0 Å². The van der Waals surface area contributed by atoms with Crippen LogP contribution in [-0.2, 0) is 6.54 Å². The summed E-state index contributed by atoms with van der Waals surface area (Å²) in [6.07, 6.45) is 1.73. The summed E-state index contributed by atoms with van der Waals surface area (Å²) in [5, 5.41) is 8.32. The molecule has 0 fully saturated rings. The van der Waals surface area contributed by atoms with E-state index >= 15 is 0 Å². The van der Waals surface area contributed by atoms with Crippen molar-refractivity contribution in [2.45, 2.75) is 19.5 Å². The number of rotatable bonds is 7. The number of pyridine rings is 1. The maximum absolute atomic E-state index is 13.3. The third kappa shape index (κ3) is 4.34. The van der Waals surface area contributed by atoms with Gasteiger partial charge in [-0.2, -0.15) is 5.10 Å². The zero-order chi connectivity index (χ0) is 21.8. The van der Waals surface area contributed by atoms with Gasteiger partial charge in [-0.15, -0.1) is 0 Å². The molecule has 0 aliphatic rings. The van der Waals surface area contributed by atoms with Gasteiger partial charge in [0.15, 0.2) is 5.65 Å². The number of nitrogens with zero attached hydrogens (tertiary/aromatic N) is 4. The van der Waals surface area contributed by atoms with E-state index in [0.29, 0.717) is 18.7 Å². The van der Waals surface area contributed by atoms with Crippen LogP contribution in [0.2, 0.25) is 0 Å². The maximum Gasteiger partial charge on any atom is 0.252 e. The van der Waals surface area contributed by atoms with Crippen molar-refractivity contribution in [2.75, 3.05) is 20.6 Å². The number of amides is 1. The predicted octanol–water partition coefficient (Wildman–Crippen LogP) is 4.15. The van der Waals surface area contributed by atoms with Gasteiger partial charge in [-0.25, -0.2) is 9.67 Å². The Bertz CT molecular complexity index is 1170. The molecule has 0 aliphatic heterocycles. The highest BCUT2D eigenvalue weighted by Crippen LogP contribution is 2.25. The average Bonchev–Trinajstić information content (AvgIpc) is 3.22. The SMILES string of the molecule is CCn1ncc2c(C(=O)NCC(c3ccccc3)N(C)C)cc(-c3ccccc3)nc21. The standard InChI is InChI=1S/C25H27N5O/c1-4-30-24-21(16-27-30)20(15-22(28-24)18-11-7-5-8-12-18)25(31)26-17-23(29(2)3)19-13-9-6-10-14-19/h5-16,23H,4,17H2,1-3H3,(H,26,31). The number of fused-ring (bicyclic) bond motifs is 1. The molecule has 6 nitrogen and oxygen atoms in total. The first-order valence-corrected chi connectivity index (χ1v) is 10.5. The van der Waals surface area contributed by atoms with E-state index in [2.05, 4.69) is 27.4 Å². The van der Waals surface area contributed by atoms with Crippen LogP contribution in [0, 0.1) is 0 Å². The fourth-order valence-electron chi connectivity index (χ4n) is 3.78. The molecule has 0 aliphatic carbocycles. The normalized spacial score (nSPS) is 12.3. The molecule has 0 saturated heterocycles. The van der Waals surface area contributed by atoms with Crippen molar-refractivity contribution in [1.82, 2.24) is 25.0 Å². The number of hydrogen-bond donors (Lipinski definition) is 1. The summed E-state index contributed by atoms with van der Waals surface area (Å²) in [6.45, 7) is 3.21. The van der Waals surface area contributed by atoms with Crippen molar-refractivity contribution in [3.63, 3.8) is 0 Å². The van der Waals surface area contributed by atoms with Crippen LogP contribution in [-0.4, -0.2) is 46.2 Å². The fraction of sp³-hybridized carbons (Fsp3) is 0.240. The van der Waals surface area contributed by atoms with Crippen molar-refractivity contribution >= 4 is 16.9 Å². The van der Waals surface area contributed by atoms with Crippen molar-refractivity contribution in [3.8, 4) is 11.3 Å². The molecule has 2 heterocycles. The molecule has 1 amide bonds. The quantitative estimate of drug-likeness (QED) is 0.494. The van der Waals surface area contributed by atoms with E-state index in [1.807, 2.05) is 80.3 Å². The minimum atomic E-state index is -0.122. The molecule has 158 valence electrons. The Hall–Kier alpha value is -3.51. The Balaban J connectivity index is 1.68. The van der Waals surface area contributed by atoms with Gasteiger partial charge in [0, 0.05) is 18.7 Å². The van der Waals surface area contributed by atoms with E-state index in [1.165, 1.54) is 0 Å². The Morgan fingerprint density at radius 1 is 1.06 bits per heavy atom. The molecular weight excluding hydrogens is 386 g/mol. The van der Waals surface area contributed by atoms with E-state index in [9.17, 15) is 4.79 Å². The zero-order valence-electron chi connectivity index (χ0n) is 18.1. The van der Waals surface area contributed by atoms with Crippen LogP contribution in [0.25, 0.3) is 22.3 Å². The molecule has 4 aromatic rings. The lowest BCUT2D eigenvalue weighted by Gasteiger charge is -2.25. The molecule has 1 N–H and O–H groups in total. The molecule has 0 bridgehead atoms. The number of hydrogen-bond acceptors (Lipinski definition) is 4. The second-order valence-electron chi connectivity index (χ2n) is 7.72. The van der Waals surface area contributed by atoms with Crippen molar-refractivity contribution in [2.24, 2.45) is 0 Å². The van der Waals surface area contributed by atoms with E-state index in [4.69, 9.17) is 4.98 Å². The van der Waals surface area contributed by atoms with Gasteiger partial charge in [-0.3, -0.25) is 4.79 Å². The van der Waals surface area contributed by atoms with Crippen LogP contribution in [0.1, 0.15) is 28.9 Å². The Morgan fingerprint density at radius 3 is 2.39 bits per heavy atom. The highest BCUT2D eigenvalue weighted by Gasteiger charge is 2.20. The second kappa shape index (κ2) is 9.10. The van der Waals surface area contributed by atoms with Crippen LogP contribution >= 0.6 is 0 Å². The number of benzene rings is 2. The third-order valence-corrected chi connectivity index (χ3v) is 5.49. The van der Waals surface area contributed by atoms with Crippen LogP contribution in [0.15, 0.2) is 72.9 Å². The maximum atomic E-state index is 13.3. The van der Waals surface area contributed by atoms with Crippen LogP contribution in [0.4, 0.5) is 0 Å². The number of carbonyl (C=O) groups is 1. The Kier molecular flexibility index (Phi) is 6.09. The van der Waals surface area contributed by atoms with Gasteiger partial charge in [-0.1, -0.05) is 60.7 Å². The molecule has 0 saturated carbocycles. The summed E-state index contributed by atoms with van der Waals surface area (Å²) in [6, 6.07) is 22.1.